The lowest BCUT2D eigenvalue weighted by Gasteiger charge is -2.08. The van der Waals surface area contributed by atoms with Crippen LogP contribution < -0.4 is 5.73 Å². The average Bonchev–Trinajstić information content (AvgIpc) is 3.21. The summed E-state index contributed by atoms with van der Waals surface area (Å²) in [7, 11) is 2.07. The molecule has 0 aliphatic rings. The molecule has 0 saturated carbocycles. The molecule has 2 aromatic heterocycles. The molecule has 0 aliphatic heterocycles. The lowest BCUT2D eigenvalue weighted by atomic mass is 9.99. The smallest absolute Gasteiger partial charge is 0.124 e. The van der Waals surface area contributed by atoms with Crippen LogP contribution in [0.2, 0.25) is 0 Å². The molecule has 3 N–H and O–H groups in total. The Morgan fingerprint density at radius 2 is 1.61 bits per heavy atom. The topological polar surface area (TPSA) is 54.8 Å². The Labute approximate surface area is 165 Å². The summed E-state index contributed by atoms with van der Waals surface area (Å²) < 4.78 is 4.79. The van der Waals surface area contributed by atoms with Crippen molar-refractivity contribution in [2.45, 2.75) is 0 Å². The summed E-state index contributed by atoms with van der Waals surface area (Å²) in [5.41, 5.74) is 8.98. The number of hydrogen-bond acceptors (Lipinski definition) is 2. The van der Waals surface area contributed by atoms with Crippen molar-refractivity contribution in [3.8, 4) is 0 Å². The molecule has 0 amide bonds. The van der Waals surface area contributed by atoms with Gasteiger partial charge in [0.05, 0.1) is 11.0 Å². The third-order valence-electron chi connectivity index (χ3n) is 5.77. The SMILES string of the molecule is Cn1c2cc3sc4ccccc4c3cc2c2c3ccccc3cc(C(=N)N)c21. The zero-order valence-electron chi connectivity index (χ0n) is 15.3. The Kier molecular flexibility index (Phi) is 2.98. The summed E-state index contributed by atoms with van der Waals surface area (Å²) in [6.45, 7) is 0. The quantitative estimate of drug-likeness (QED) is 0.262. The molecule has 6 aromatic rings. The molecule has 4 aromatic carbocycles. The van der Waals surface area contributed by atoms with Crippen LogP contribution in [0.25, 0.3) is 52.8 Å². The zero-order chi connectivity index (χ0) is 19.0. The van der Waals surface area contributed by atoms with Crippen molar-refractivity contribution in [2.75, 3.05) is 0 Å². The lowest BCUT2D eigenvalue weighted by molar-refractivity contribution is 1.01. The van der Waals surface area contributed by atoms with Crippen molar-refractivity contribution in [2.24, 2.45) is 12.8 Å². The van der Waals surface area contributed by atoms with Crippen molar-refractivity contribution in [1.82, 2.24) is 4.57 Å². The van der Waals surface area contributed by atoms with Gasteiger partial charge in [0.15, 0.2) is 0 Å². The van der Waals surface area contributed by atoms with Gasteiger partial charge in [-0.15, -0.1) is 11.3 Å². The Hall–Kier alpha value is -3.37. The summed E-state index contributed by atoms with van der Waals surface area (Å²) in [5.74, 6) is 0.105. The van der Waals surface area contributed by atoms with Crippen molar-refractivity contribution in [1.29, 1.82) is 5.41 Å². The molecule has 0 atom stereocenters. The first-order valence-electron chi connectivity index (χ1n) is 9.23. The molecule has 0 fully saturated rings. The maximum absolute atomic E-state index is 8.15. The molecule has 134 valence electrons. The van der Waals surface area contributed by atoms with Gasteiger partial charge >= 0.3 is 0 Å². The first kappa shape index (κ1) is 15.7. The van der Waals surface area contributed by atoms with Gasteiger partial charge in [0.2, 0.25) is 0 Å². The Bertz CT molecular complexity index is 1600. The van der Waals surface area contributed by atoms with E-state index in [1.807, 2.05) is 23.5 Å². The van der Waals surface area contributed by atoms with Crippen LogP contribution in [0.4, 0.5) is 0 Å². The van der Waals surface area contributed by atoms with E-state index in [-0.39, 0.29) is 5.84 Å². The van der Waals surface area contributed by atoms with Crippen LogP contribution in [0.3, 0.4) is 0 Å². The molecule has 0 spiro atoms. The number of aryl methyl sites for hydroxylation is 1. The molecule has 28 heavy (non-hydrogen) atoms. The summed E-state index contributed by atoms with van der Waals surface area (Å²) in [6, 6.07) is 23.6. The molecule has 0 radical (unpaired) electrons. The normalized spacial score (nSPS) is 12.0. The Balaban J connectivity index is 1.93. The number of nitrogens with zero attached hydrogens (tertiary/aromatic N) is 1. The first-order valence-corrected chi connectivity index (χ1v) is 10.0. The maximum atomic E-state index is 8.15. The van der Waals surface area contributed by atoms with Gasteiger partial charge in [-0.3, -0.25) is 5.41 Å². The molecule has 2 heterocycles. The number of aromatic nitrogens is 1. The first-order chi connectivity index (χ1) is 13.6. The highest BCUT2D eigenvalue weighted by atomic mass is 32.1. The lowest BCUT2D eigenvalue weighted by Crippen LogP contribution is -2.12. The number of rotatable bonds is 1. The van der Waals surface area contributed by atoms with Gasteiger partial charge in [-0.1, -0.05) is 42.5 Å². The highest BCUT2D eigenvalue weighted by Gasteiger charge is 2.18. The summed E-state index contributed by atoms with van der Waals surface area (Å²) in [4.78, 5) is 0. The van der Waals surface area contributed by atoms with Gasteiger partial charge in [0.25, 0.3) is 0 Å². The minimum atomic E-state index is 0.105. The van der Waals surface area contributed by atoms with Gasteiger partial charge in [0, 0.05) is 43.6 Å². The minimum absolute atomic E-state index is 0.105. The number of thiophene rings is 1. The van der Waals surface area contributed by atoms with E-state index in [0.29, 0.717) is 0 Å². The van der Waals surface area contributed by atoms with E-state index in [9.17, 15) is 0 Å². The van der Waals surface area contributed by atoms with E-state index in [4.69, 9.17) is 11.1 Å². The van der Waals surface area contributed by atoms with E-state index in [1.54, 1.807) is 0 Å². The minimum Gasteiger partial charge on any atom is -0.384 e. The number of benzene rings is 4. The van der Waals surface area contributed by atoms with E-state index < -0.39 is 0 Å². The fourth-order valence-electron chi connectivity index (χ4n) is 4.52. The molecule has 0 unspecified atom stereocenters. The number of amidine groups is 1. The molecular weight excluding hydrogens is 362 g/mol. The van der Waals surface area contributed by atoms with E-state index in [0.717, 1.165) is 16.5 Å². The van der Waals surface area contributed by atoms with Crippen LogP contribution >= 0.6 is 11.3 Å². The maximum Gasteiger partial charge on any atom is 0.124 e. The van der Waals surface area contributed by atoms with Gasteiger partial charge in [-0.2, -0.15) is 0 Å². The fourth-order valence-corrected chi connectivity index (χ4v) is 5.64. The van der Waals surface area contributed by atoms with Gasteiger partial charge in [-0.25, -0.2) is 0 Å². The largest absolute Gasteiger partial charge is 0.384 e. The molecular formula is C24H17N3S. The summed E-state index contributed by atoms with van der Waals surface area (Å²) in [5, 5.41) is 15.4. The Morgan fingerprint density at radius 1 is 0.857 bits per heavy atom. The number of nitrogen functional groups attached to an aromatic ring is 1. The molecule has 6 rings (SSSR count). The molecule has 0 aliphatic carbocycles. The summed E-state index contributed by atoms with van der Waals surface area (Å²) in [6.07, 6.45) is 0. The number of fused-ring (bicyclic) bond motifs is 8. The number of hydrogen-bond donors (Lipinski definition) is 2. The second-order valence-electron chi connectivity index (χ2n) is 7.31. The fraction of sp³-hybridized carbons (Fsp3) is 0.0417. The molecule has 0 bridgehead atoms. The standard InChI is InChI=1S/C24H17N3S/c1-27-19-12-21-16(15-8-4-5-9-20(15)28-21)11-17(19)22-14-7-3-2-6-13(14)10-18(23(22)27)24(25)26/h2-12H,1H3,(H3,25,26). The predicted octanol–water partition coefficient (Wildman–Crippen LogP) is 6.14. The van der Waals surface area contributed by atoms with Crippen molar-refractivity contribution >= 4 is 69.9 Å². The van der Waals surface area contributed by atoms with Crippen LogP contribution in [0.5, 0.6) is 0 Å². The number of nitrogens with one attached hydrogen (secondary N) is 1. The Morgan fingerprint density at radius 3 is 2.43 bits per heavy atom. The van der Waals surface area contributed by atoms with Crippen LogP contribution in [-0.4, -0.2) is 10.4 Å². The van der Waals surface area contributed by atoms with Crippen molar-refractivity contribution in [3.05, 3.63) is 72.3 Å². The summed E-state index contributed by atoms with van der Waals surface area (Å²) >= 11 is 1.83. The average molecular weight is 379 g/mol. The van der Waals surface area contributed by atoms with Crippen molar-refractivity contribution in [3.63, 3.8) is 0 Å². The molecule has 3 nitrogen and oxygen atoms in total. The predicted molar refractivity (Wildman–Crippen MR) is 122 cm³/mol. The van der Waals surface area contributed by atoms with E-state index in [2.05, 4.69) is 66.2 Å². The second-order valence-corrected chi connectivity index (χ2v) is 8.39. The number of nitrogens with two attached hydrogens (primary N) is 1. The van der Waals surface area contributed by atoms with E-state index >= 15 is 0 Å². The van der Waals surface area contributed by atoms with Gasteiger partial charge in [-0.05, 0) is 35.0 Å². The molecule has 4 heteroatoms. The highest BCUT2D eigenvalue weighted by molar-refractivity contribution is 7.25. The monoisotopic (exact) mass is 379 g/mol. The van der Waals surface area contributed by atoms with Crippen LogP contribution in [-0.2, 0) is 7.05 Å². The second kappa shape index (κ2) is 5.33. The zero-order valence-corrected chi connectivity index (χ0v) is 16.1. The van der Waals surface area contributed by atoms with E-state index in [1.165, 1.54) is 41.8 Å². The van der Waals surface area contributed by atoms with Gasteiger partial charge < -0.3 is 10.3 Å². The van der Waals surface area contributed by atoms with Crippen molar-refractivity contribution < 1.29 is 0 Å². The van der Waals surface area contributed by atoms with Crippen LogP contribution in [0.15, 0.2) is 66.7 Å². The van der Waals surface area contributed by atoms with Crippen LogP contribution in [0.1, 0.15) is 5.56 Å². The highest BCUT2D eigenvalue weighted by Crippen LogP contribution is 2.41. The molecule has 0 saturated heterocycles. The van der Waals surface area contributed by atoms with Gasteiger partial charge in [0.1, 0.15) is 5.84 Å². The third kappa shape index (κ3) is 1.90. The van der Waals surface area contributed by atoms with Crippen LogP contribution in [0, 0.1) is 5.41 Å². The third-order valence-corrected chi connectivity index (χ3v) is 6.91.